The Hall–Kier alpha value is -1.88. The molecular weight excluding hydrogens is 270 g/mol. The normalized spacial score (nSPS) is 14.1. The van der Waals surface area contributed by atoms with Gasteiger partial charge in [0.2, 0.25) is 0 Å². The Morgan fingerprint density at radius 2 is 1.50 bits per heavy atom. The first-order valence-electron chi connectivity index (χ1n) is 5.98. The van der Waals surface area contributed by atoms with E-state index in [1.165, 1.54) is 31.2 Å². The van der Waals surface area contributed by atoms with Crippen molar-refractivity contribution in [1.29, 1.82) is 0 Å². The van der Waals surface area contributed by atoms with Crippen LogP contribution in [-0.4, -0.2) is 0 Å². The predicted octanol–water partition coefficient (Wildman–Crippen LogP) is 3.66. The van der Waals surface area contributed by atoms with Gasteiger partial charge in [0.25, 0.3) is 0 Å². The highest BCUT2D eigenvalue weighted by atomic mass is 19.2. The Bertz CT molecular complexity index is 621. The molecule has 2 N–H and O–H groups in total. The summed E-state index contributed by atoms with van der Waals surface area (Å²) >= 11 is 0. The Labute approximate surface area is 114 Å². The summed E-state index contributed by atoms with van der Waals surface area (Å²) in [5.41, 5.74) is 5.31. The summed E-state index contributed by atoms with van der Waals surface area (Å²) in [6.07, 6.45) is 0.162. The highest BCUT2D eigenvalue weighted by molar-refractivity contribution is 5.30. The molecule has 1 unspecified atom stereocenters. The molecule has 0 bridgehead atoms. The molecule has 0 aliphatic rings. The number of nitrogens with two attached hydrogens (primary N) is 1. The zero-order valence-electron chi connectivity index (χ0n) is 10.8. The van der Waals surface area contributed by atoms with Crippen molar-refractivity contribution in [2.45, 2.75) is 18.9 Å². The molecule has 20 heavy (non-hydrogen) atoms. The van der Waals surface area contributed by atoms with E-state index in [0.29, 0.717) is 5.56 Å². The zero-order chi connectivity index (χ0) is 14.9. The lowest BCUT2D eigenvalue weighted by molar-refractivity contribution is 0.404. The van der Waals surface area contributed by atoms with Crippen molar-refractivity contribution in [3.05, 3.63) is 70.8 Å². The van der Waals surface area contributed by atoms with E-state index in [1.807, 2.05) is 0 Å². The molecule has 0 spiro atoms. The van der Waals surface area contributed by atoms with Gasteiger partial charge in [-0.25, -0.2) is 17.6 Å². The average molecular weight is 283 g/mol. The van der Waals surface area contributed by atoms with Crippen LogP contribution in [0.25, 0.3) is 0 Å². The third kappa shape index (κ3) is 2.82. The lowest BCUT2D eigenvalue weighted by Crippen LogP contribution is -2.36. The van der Waals surface area contributed by atoms with Crippen molar-refractivity contribution in [2.75, 3.05) is 0 Å². The first kappa shape index (κ1) is 14.5. The van der Waals surface area contributed by atoms with Crippen LogP contribution in [0.1, 0.15) is 18.1 Å². The van der Waals surface area contributed by atoms with E-state index < -0.39 is 28.8 Å². The molecule has 2 aromatic carbocycles. The number of benzene rings is 2. The van der Waals surface area contributed by atoms with Gasteiger partial charge in [-0.05, 0) is 37.1 Å². The van der Waals surface area contributed by atoms with Crippen molar-refractivity contribution >= 4 is 0 Å². The van der Waals surface area contributed by atoms with Crippen molar-refractivity contribution in [3.63, 3.8) is 0 Å². The summed E-state index contributed by atoms with van der Waals surface area (Å²) in [4.78, 5) is 0. The van der Waals surface area contributed by atoms with Crippen molar-refractivity contribution in [1.82, 2.24) is 0 Å². The molecule has 5 heteroatoms. The van der Waals surface area contributed by atoms with Crippen LogP contribution >= 0.6 is 0 Å². The van der Waals surface area contributed by atoms with Gasteiger partial charge >= 0.3 is 0 Å². The number of halogens is 4. The van der Waals surface area contributed by atoms with E-state index in [4.69, 9.17) is 5.73 Å². The maximum Gasteiger partial charge on any atom is 0.194 e. The van der Waals surface area contributed by atoms with E-state index in [1.54, 1.807) is 0 Å². The minimum Gasteiger partial charge on any atom is -0.321 e. The Balaban J connectivity index is 2.35. The summed E-state index contributed by atoms with van der Waals surface area (Å²) in [6.45, 7) is 1.51. The summed E-state index contributed by atoms with van der Waals surface area (Å²) in [6, 6.07) is 7.50. The predicted molar refractivity (Wildman–Crippen MR) is 68.0 cm³/mol. The number of rotatable bonds is 3. The summed E-state index contributed by atoms with van der Waals surface area (Å²) in [7, 11) is 0. The fraction of sp³-hybridized carbons (Fsp3) is 0.200. The van der Waals surface area contributed by atoms with Gasteiger partial charge in [-0.1, -0.05) is 18.2 Å². The molecule has 1 atom stereocenters. The van der Waals surface area contributed by atoms with E-state index >= 15 is 0 Å². The van der Waals surface area contributed by atoms with Gasteiger partial charge in [-0.3, -0.25) is 0 Å². The van der Waals surface area contributed by atoms with Crippen LogP contribution in [-0.2, 0) is 12.0 Å². The van der Waals surface area contributed by atoms with Crippen molar-refractivity contribution in [3.8, 4) is 0 Å². The van der Waals surface area contributed by atoms with Gasteiger partial charge in [0, 0.05) is 11.1 Å². The molecule has 0 saturated carbocycles. The second-order valence-electron chi connectivity index (χ2n) is 4.94. The fourth-order valence-corrected chi connectivity index (χ4v) is 2.09. The molecule has 106 valence electrons. The molecule has 0 amide bonds. The van der Waals surface area contributed by atoms with Crippen LogP contribution < -0.4 is 5.73 Å². The topological polar surface area (TPSA) is 26.0 Å². The Kier molecular flexibility index (Phi) is 3.81. The molecule has 0 radical (unpaired) electrons. The molecule has 0 aliphatic carbocycles. The molecule has 2 rings (SSSR count). The summed E-state index contributed by atoms with van der Waals surface area (Å²) < 4.78 is 52.8. The van der Waals surface area contributed by atoms with Crippen LogP contribution in [0.5, 0.6) is 0 Å². The second-order valence-corrected chi connectivity index (χ2v) is 4.94. The maximum absolute atomic E-state index is 13.8. The van der Waals surface area contributed by atoms with Gasteiger partial charge in [-0.15, -0.1) is 0 Å². The quantitative estimate of drug-likeness (QED) is 0.675. The lowest BCUT2D eigenvalue weighted by Gasteiger charge is -2.26. The Morgan fingerprint density at radius 3 is 2.10 bits per heavy atom. The van der Waals surface area contributed by atoms with Crippen LogP contribution in [0, 0.1) is 23.3 Å². The summed E-state index contributed by atoms with van der Waals surface area (Å²) in [5.74, 6) is -4.49. The molecule has 2 aromatic rings. The van der Waals surface area contributed by atoms with Gasteiger partial charge in [-0.2, -0.15) is 0 Å². The standard InChI is InChI=1S/C15H13F4N/c1-15(20,8-9-2-4-10(16)5-3-9)11-6-7-12(17)14(19)13(11)18/h2-7H,8,20H2,1H3. The highest BCUT2D eigenvalue weighted by Crippen LogP contribution is 2.27. The van der Waals surface area contributed by atoms with E-state index in [9.17, 15) is 17.6 Å². The number of hydrogen-bond acceptors (Lipinski definition) is 1. The Morgan fingerprint density at radius 1 is 0.900 bits per heavy atom. The molecule has 0 aromatic heterocycles. The van der Waals surface area contributed by atoms with Gasteiger partial charge in [0.15, 0.2) is 17.5 Å². The van der Waals surface area contributed by atoms with Crippen LogP contribution in [0.15, 0.2) is 36.4 Å². The molecular formula is C15H13F4N. The van der Waals surface area contributed by atoms with Crippen LogP contribution in [0.3, 0.4) is 0 Å². The van der Waals surface area contributed by atoms with Crippen LogP contribution in [0.2, 0.25) is 0 Å². The summed E-state index contributed by atoms with van der Waals surface area (Å²) in [5, 5.41) is 0. The monoisotopic (exact) mass is 283 g/mol. The van der Waals surface area contributed by atoms with Gasteiger partial charge in [0.1, 0.15) is 5.82 Å². The van der Waals surface area contributed by atoms with Gasteiger partial charge < -0.3 is 5.73 Å². The SMILES string of the molecule is CC(N)(Cc1ccc(F)cc1)c1ccc(F)c(F)c1F. The van der Waals surface area contributed by atoms with E-state index in [0.717, 1.165) is 12.1 Å². The zero-order valence-corrected chi connectivity index (χ0v) is 10.8. The first-order chi connectivity index (χ1) is 9.31. The van der Waals surface area contributed by atoms with Gasteiger partial charge in [0.05, 0.1) is 0 Å². The molecule has 1 nitrogen and oxygen atoms in total. The third-order valence-electron chi connectivity index (χ3n) is 3.14. The molecule has 0 heterocycles. The van der Waals surface area contributed by atoms with Crippen LogP contribution in [0.4, 0.5) is 17.6 Å². The fourth-order valence-electron chi connectivity index (χ4n) is 2.09. The minimum absolute atomic E-state index is 0.124. The highest BCUT2D eigenvalue weighted by Gasteiger charge is 2.28. The first-order valence-corrected chi connectivity index (χ1v) is 5.98. The van der Waals surface area contributed by atoms with Crippen molar-refractivity contribution < 1.29 is 17.6 Å². The molecule has 0 fully saturated rings. The van der Waals surface area contributed by atoms with E-state index in [2.05, 4.69) is 0 Å². The number of hydrogen-bond donors (Lipinski definition) is 1. The largest absolute Gasteiger partial charge is 0.321 e. The second kappa shape index (κ2) is 5.25. The molecule has 0 aliphatic heterocycles. The smallest absolute Gasteiger partial charge is 0.194 e. The minimum atomic E-state index is -1.54. The maximum atomic E-state index is 13.8. The lowest BCUT2D eigenvalue weighted by atomic mass is 9.86. The molecule has 0 saturated heterocycles. The average Bonchev–Trinajstić information content (AvgIpc) is 2.38. The third-order valence-corrected chi connectivity index (χ3v) is 3.14. The van der Waals surface area contributed by atoms with Crippen molar-refractivity contribution in [2.24, 2.45) is 5.73 Å². The van der Waals surface area contributed by atoms with E-state index in [-0.39, 0.29) is 12.0 Å².